The molecule has 2 aliphatic heterocycles. The van der Waals surface area contributed by atoms with Crippen molar-refractivity contribution in [1.82, 2.24) is 19.4 Å². The third-order valence-corrected chi connectivity index (χ3v) is 7.21. The summed E-state index contributed by atoms with van der Waals surface area (Å²) in [4.78, 5) is 13.6. The fraction of sp³-hybridized carbons (Fsp3) is 0.556. The van der Waals surface area contributed by atoms with Crippen LogP contribution >= 0.6 is 0 Å². The van der Waals surface area contributed by atoms with Gasteiger partial charge in [0.2, 0.25) is 5.09 Å². The van der Waals surface area contributed by atoms with Gasteiger partial charge in [-0.1, -0.05) is 6.42 Å². The summed E-state index contributed by atoms with van der Waals surface area (Å²) in [6.07, 6.45) is 5.50. The van der Waals surface area contributed by atoms with Gasteiger partial charge in [-0.05, 0) is 57.0 Å². The first-order chi connectivity index (χ1) is 13.0. The number of aromatic amines is 1. The lowest BCUT2D eigenvalue weighted by Gasteiger charge is -2.39. The first-order valence-electron chi connectivity index (χ1n) is 9.44. The van der Waals surface area contributed by atoms with Gasteiger partial charge in [-0.25, -0.2) is 13.5 Å². The summed E-state index contributed by atoms with van der Waals surface area (Å²) in [6, 6.07) is 6.32. The van der Waals surface area contributed by atoms with Gasteiger partial charge in [-0.3, -0.25) is 4.79 Å². The van der Waals surface area contributed by atoms with Crippen LogP contribution < -0.4 is 5.56 Å². The van der Waals surface area contributed by atoms with Gasteiger partial charge in [0.1, 0.15) is 5.69 Å². The maximum Gasteiger partial charge on any atom is 0.276 e. The van der Waals surface area contributed by atoms with Crippen molar-refractivity contribution in [1.29, 1.82) is 0 Å². The van der Waals surface area contributed by atoms with Gasteiger partial charge >= 0.3 is 0 Å². The van der Waals surface area contributed by atoms with E-state index in [0.717, 1.165) is 25.9 Å². The van der Waals surface area contributed by atoms with E-state index in [1.54, 1.807) is 6.07 Å². The molecule has 2 aromatic heterocycles. The molecule has 2 aliphatic rings. The SMILES string of the molecule is O=c1ccc(-c2ccc(S(=O)(=O)N3CCC(N4CCCCC4)CC3)o2)n[nH]1. The highest BCUT2D eigenvalue weighted by atomic mass is 32.2. The van der Waals surface area contributed by atoms with E-state index in [4.69, 9.17) is 4.42 Å². The number of piperidine rings is 2. The summed E-state index contributed by atoms with van der Waals surface area (Å²) in [7, 11) is -3.66. The predicted molar refractivity (Wildman–Crippen MR) is 99.8 cm³/mol. The molecule has 1 N–H and O–H groups in total. The molecule has 8 nitrogen and oxygen atoms in total. The van der Waals surface area contributed by atoms with Crippen LogP contribution in [0.4, 0.5) is 0 Å². The van der Waals surface area contributed by atoms with Crippen molar-refractivity contribution < 1.29 is 12.8 Å². The molecule has 4 heterocycles. The number of furan rings is 1. The quantitative estimate of drug-likeness (QED) is 0.850. The second-order valence-corrected chi connectivity index (χ2v) is 9.03. The summed E-state index contributed by atoms with van der Waals surface area (Å²) in [6.45, 7) is 3.28. The number of nitrogens with one attached hydrogen (secondary N) is 1. The predicted octanol–water partition coefficient (Wildman–Crippen LogP) is 1.67. The van der Waals surface area contributed by atoms with Gasteiger partial charge in [0.15, 0.2) is 5.76 Å². The normalized spacial score (nSPS) is 20.7. The Balaban J connectivity index is 1.44. The third kappa shape index (κ3) is 3.85. The molecule has 0 aromatic carbocycles. The molecule has 2 aromatic rings. The van der Waals surface area contributed by atoms with Gasteiger partial charge in [0, 0.05) is 25.2 Å². The monoisotopic (exact) mass is 392 g/mol. The Kier molecular flexibility index (Phi) is 5.16. The number of H-pyrrole nitrogens is 1. The smallest absolute Gasteiger partial charge is 0.276 e. The Morgan fingerprint density at radius 3 is 2.41 bits per heavy atom. The number of rotatable bonds is 4. The zero-order valence-corrected chi connectivity index (χ0v) is 16.0. The molecule has 2 fully saturated rings. The van der Waals surface area contributed by atoms with Crippen LogP contribution in [0.5, 0.6) is 0 Å². The molecule has 9 heteroatoms. The minimum absolute atomic E-state index is 0.0816. The Labute approximate surface area is 158 Å². The first kappa shape index (κ1) is 18.4. The van der Waals surface area contributed by atoms with Crippen LogP contribution in [-0.2, 0) is 10.0 Å². The van der Waals surface area contributed by atoms with E-state index in [2.05, 4.69) is 15.1 Å². The highest BCUT2D eigenvalue weighted by molar-refractivity contribution is 7.89. The summed E-state index contributed by atoms with van der Waals surface area (Å²) < 4.78 is 32.9. The number of hydrogen-bond donors (Lipinski definition) is 1. The Morgan fingerprint density at radius 2 is 1.74 bits per heavy atom. The van der Waals surface area contributed by atoms with E-state index >= 15 is 0 Å². The lowest BCUT2D eigenvalue weighted by molar-refractivity contribution is 0.117. The molecular formula is C18H24N4O4S. The maximum absolute atomic E-state index is 12.9. The topological polar surface area (TPSA) is 99.5 Å². The van der Waals surface area contributed by atoms with Crippen molar-refractivity contribution in [3.63, 3.8) is 0 Å². The van der Waals surface area contributed by atoms with Crippen LogP contribution in [-0.4, -0.2) is 60.0 Å². The van der Waals surface area contributed by atoms with E-state index in [1.807, 2.05) is 0 Å². The average molecular weight is 392 g/mol. The standard InChI is InChI=1S/C18H24N4O4S/c23-17-6-4-15(19-20-17)16-5-7-18(26-16)27(24,25)22-12-8-14(9-13-22)21-10-2-1-3-11-21/h4-7,14H,1-3,8-13H2,(H,20,23). The number of sulfonamides is 1. The highest BCUT2D eigenvalue weighted by Gasteiger charge is 2.33. The molecule has 0 amide bonds. The molecule has 0 bridgehead atoms. The highest BCUT2D eigenvalue weighted by Crippen LogP contribution is 2.28. The van der Waals surface area contributed by atoms with E-state index < -0.39 is 10.0 Å². The van der Waals surface area contributed by atoms with E-state index in [-0.39, 0.29) is 10.7 Å². The van der Waals surface area contributed by atoms with Gasteiger partial charge in [0.25, 0.3) is 15.6 Å². The second kappa shape index (κ2) is 7.57. The van der Waals surface area contributed by atoms with Crippen molar-refractivity contribution in [3.05, 3.63) is 34.6 Å². The summed E-state index contributed by atoms with van der Waals surface area (Å²) in [5, 5.41) is 6.11. The minimum Gasteiger partial charge on any atom is -0.442 e. The minimum atomic E-state index is -3.66. The van der Waals surface area contributed by atoms with Crippen molar-refractivity contribution in [2.45, 2.75) is 43.2 Å². The molecule has 0 saturated carbocycles. The maximum atomic E-state index is 12.9. The van der Waals surface area contributed by atoms with Crippen LogP contribution in [0.1, 0.15) is 32.1 Å². The summed E-state index contributed by atoms with van der Waals surface area (Å²) in [5.74, 6) is 0.313. The Bertz CT molecular complexity index is 918. The molecule has 0 spiro atoms. The van der Waals surface area contributed by atoms with Crippen molar-refractivity contribution >= 4 is 10.0 Å². The molecule has 0 atom stereocenters. The van der Waals surface area contributed by atoms with Crippen LogP contribution in [0.15, 0.2) is 38.6 Å². The zero-order chi connectivity index (χ0) is 18.9. The van der Waals surface area contributed by atoms with Gasteiger partial charge < -0.3 is 9.32 Å². The number of hydrogen-bond acceptors (Lipinski definition) is 6. The van der Waals surface area contributed by atoms with Crippen LogP contribution in [0.3, 0.4) is 0 Å². The molecule has 0 radical (unpaired) electrons. The molecule has 0 aliphatic carbocycles. The van der Waals surface area contributed by atoms with E-state index in [9.17, 15) is 13.2 Å². The van der Waals surface area contributed by atoms with Gasteiger partial charge in [0.05, 0.1) is 0 Å². The number of aromatic nitrogens is 2. The fourth-order valence-corrected chi connectivity index (χ4v) is 5.32. The number of likely N-dealkylation sites (tertiary alicyclic amines) is 1. The molecular weight excluding hydrogens is 368 g/mol. The van der Waals surface area contributed by atoms with Crippen LogP contribution in [0.25, 0.3) is 11.5 Å². The lowest BCUT2D eigenvalue weighted by Crippen LogP contribution is -2.48. The lowest BCUT2D eigenvalue weighted by atomic mass is 10.0. The molecule has 2 saturated heterocycles. The first-order valence-corrected chi connectivity index (χ1v) is 10.9. The Morgan fingerprint density at radius 1 is 1.00 bits per heavy atom. The molecule has 4 rings (SSSR count). The average Bonchev–Trinajstić information content (AvgIpc) is 3.20. The summed E-state index contributed by atoms with van der Waals surface area (Å²) >= 11 is 0. The van der Waals surface area contributed by atoms with Crippen LogP contribution in [0, 0.1) is 0 Å². The molecule has 27 heavy (non-hydrogen) atoms. The van der Waals surface area contributed by atoms with Gasteiger partial charge in [-0.2, -0.15) is 9.40 Å². The molecule has 146 valence electrons. The van der Waals surface area contributed by atoms with Crippen LogP contribution in [0.2, 0.25) is 0 Å². The zero-order valence-electron chi connectivity index (χ0n) is 15.1. The fourth-order valence-electron chi connectivity index (χ4n) is 3.94. The van der Waals surface area contributed by atoms with E-state index in [0.29, 0.717) is 30.6 Å². The van der Waals surface area contributed by atoms with Gasteiger partial charge in [-0.15, -0.1) is 0 Å². The van der Waals surface area contributed by atoms with Crippen molar-refractivity contribution in [2.24, 2.45) is 0 Å². The summed E-state index contributed by atoms with van der Waals surface area (Å²) in [5.41, 5.74) is 0.0644. The Hall–Kier alpha value is -1.97. The largest absolute Gasteiger partial charge is 0.442 e. The molecule has 0 unspecified atom stereocenters. The van der Waals surface area contributed by atoms with E-state index in [1.165, 1.54) is 41.8 Å². The van der Waals surface area contributed by atoms with Crippen molar-refractivity contribution in [3.8, 4) is 11.5 Å². The van der Waals surface area contributed by atoms with Crippen molar-refractivity contribution in [2.75, 3.05) is 26.2 Å². The second-order valence-electron chi connectivity index (χ2n) is 7.16. The number of nitrogens with zero attached hydrogens (tertiary/aromatic N) is 3. The third-order valence-electron chi connectivity index (χ3n) is 5.44.